The highest BCUT2D eigenvalue weighted by Crippen LogP contribution is 2.35. The highest BCUT2D eigenvalue weighted by Gasteiger charge is 2.49. The molecule has 5 heteroatoms. The molecule has 0 aliphatic carbocycles. The van der Waals surface area contributed by atoms with Gasteiger partial charge in [0.2, 0.25) is 5.91 Å². The molecule has 2 aromatic rings. The molecule has 23 heavy (non-hydrogen) atoms. The average Bonchev–Trinajstić information content (AvgIpc) is 2.79. The number of amides is 1. The van der Waals surface area contributed by atoms with Crippen molar-refractivity contribution in [3.05, 3.63) is 70.2 Å². The molecule has 1 fully saturated rings. The minimum Gasteiger partial charge on any atom is -0.319 e. The van der Waals surface area contributed by atoms with Crippen molar-refractivity contribution in [2.45, 2.75) is 23.9 Å². The van der Waals surface area contributed by atoms with Crippen LogP contribution in [-0.2, 0) is 16.8 Å². The Morgan fingerprint density at radius 2 is 1.96 bits per heavy atom. The van der Waals surface area contributed by atoms with Gasteiger partial charge in [-0.15, -0.1) is 12.6 Å². The molecule has 1 N–H and O–H groups in total. The number of hydrogen-bond donors (Lipinski definition) is 2. The maximum Gasteiger partial charge on any atom is 0.249 e. The third-order valence-corrected chi connectivity index (χ3v) is 5.34. The maximum absolute atomic E-state index is 12.9. The van der Waals surface area contributed by atoms with E-state index in [1.807, 2.05) is 42.5 Å². The lowest BCUT2D eigenvalue weighted by molar-refractivity contribution is -0.132. The lowest BCUT2D eigenvalue weighted by Crippen LogP contribution is -2.44. The number of aryl methyl sites for hydroxylation is 1. The summed E-state index contributed by atoms with van der Waals surface area (Å²) in [4.78, 5) is 14.6. The van der Waals surface area contributed by atoms with E-state index in [-0.39, 0.29) is 11.4 Å². The van der Waals surface area contributed by atoms with Crippen molar-refractivity contribution in [2.24, 2.45) is 0 Å². The van der Waals surface area contributed by atoms with E-state index < -0.39 is 5.54 Å². The molecule has 1 amide bonds. The number of carbonyl (C=O) groups excluding carboxylic acids is 1. The Morgan fingerprint density at radius 3 is 2.57 bits per heavy atom. The smallest absolute Gasteiger partial charge is 0.249 e. The van der Waals surface area contributed by atoms with Crippen LogP contribution >= 0.6 is 28.6 Å². The topological polar surface area (TPSA) is 32.3 Å². The summed E-state index contributed by atoms with van der Waals surface area (Å²) >= 11 is 8.00. The standard InChI is InChI=1S/C18H19BrN2OS/c1-21-16(22)18(20-17(21)23,14-7-3-2-4-8-14)11-10-13-6-5-9-15(19)12-13/h2-9,12,17,20,23H,10-11H2,1H3. The fraction of sp³-hybridized carbons (Fsp3) is 0.278. The first kappa shape index (κ1) is 16.6. The third-order valence-electron chi connectivity index (χ3n) is 4.37. The minimum absolute atomic E-state index is 0.0682. The third kappa shape index (κ3) is 3.18. The molecule has 2 atom stereocenters. The minimum atomic E-state index is -0.718. The zero-order chi connectivity index (χ0) is 16.4. The molecule has 3 rings (SSSR count). The summed E-state index contributed by atoms with van der Waals surface area (Å²) < 4.78 is 1.05. The average molecular weight is 391 g/mol. The van der Waals surface area contributed by atoms with E-state index in [4.69, 9.17) is 0 Å². The Hall–Kier alpha value is -1.30. The second kappa shape index (κ2) is 6.67. The van der Waals surface area contributed by atoms with Crippen LogP contribution in [0.15, 0.2) is 59.1 Å². The van der Waals surface area contributed by atoms with E-state index >= 15 is 0 Å². The number of likely N-dealkylation sites (N-methyl/N-ethyl adjacent to an activating group) is 1. The maximum atomic E-state index is 12.9. The summed E-state index contributed by atoms with van der Waals surface area (Å²) in [6.07, 6.45) is 1.50. The molecule has 0 bridgehead atoms. The molecule has 1 aliphatic rings. The van der Waals surface area contributed by atoms with E-state index in [1.165, 1.54) is 5.56 Å². The Morgan fingerprint density at radius 1 is 1.22 bits per heavy atom. The zero-order valence-corrected chi connectivity index (χ0v) is 15.3. The van der Waals surface area contributed by atoms with Crippen LogP contribution in [0.5, 0.6) is 0 Å². The van der Waals surface area contributed by atoms with Crippen molar-refractivity contribution in [3.8, 4) is 0 Å². The van der Waals surface area contributed by atoms with Gasteiger partial charge in [-0.1, -0.05) is 58.4 Å². The van der Waals surface area contributed by atoms with Crippen LogP contribution in [0.2, 0.25) is 0 Å². The number of thiol groups is 1. The van der Waals surface area contributed by atoms with Crippen LogP contribution in [0.4, 0.5) is 0 Å². The summed E-state index contributed by atoms with van der Waals surface area (Å²) in [5.74, 6) is 0.0682. The van der Waals surface area contributed by atoms with Crippen molar-refractivity contribution < 1.29 is 4.79 Å². The van der Waals surface area contributed by atoms with E-state index in [9.17, 15) is 4.79 Å². The normalized spacial score (nSPS) is 24.2. The van der Waals surface area contributed by atoms with Gasteiger partial charge in [0.15, 0.2) is 0 Å². The van der Waals surface area contributed by atoms with Gasteiger partial charge in [-0.05, 0) is 36.1 Å². The van der Waals surface area contributed by atoms with Crippen molar-refractivity contribution in [1.82, 2.24) is 10.2 Å². The number of benzene rings is 2. The molecular formula is C18H19BrN2OS. The fourth-order valence-electron chi connectivity index (χ4n) is 3.07. The quantitative estimate of drug-likeness (QED) is 0.782. The van der Waals surface area contributed by atoms with Crippen LogP contribution < -0.4 is 5.32 Å². The number of carbonyl (C=O) groups is 1. The van der Waals surface area contributed by atoms with Gasteiger partial charge in [0.25, 0.3) is 0 Å². The summed E-state index contributed by atoms with van der Waals surface area (Å²) in [6.45, 7) is 0. The van der Waals surface area contributed by atoms with Crippen LogP contribution in [0.3, 0.4) is 0 Å². The van der Waals surface area contributed by atoms with E-state index in [2.05, 4.69) is 46.0 Å². The van der Waals surface area contributed by atoms with Crippen LogP contribution in [-0.4, -0.2) is 23.4 Å². The monoisotopic (exact) mass is 390 g/mol. The molecule has 2 aromatic carbocycles. The highest BCUT2D eigenvalue weighted by molar-refractivity contribution is 9.10. The molecule has 0 radical (unpaired) electrons. The summed E-state index contributed by atoms with van der Waals surface area (Å²) in [5.41, 5.74) is 1.20. The molecule has 0 saturated carbocycles. The SMILES string of the molecule is CN1C(=O)C(CCc2cccc(Br)c2)(c2ccccc2)NC1S. The van der Waals surface area contributed by atoms with Gasteiger partial charge < -0.3 is 4.90 Å². The molecule has 0 aromatic heterocycles. The van der Waals surface area contributed by atoms with E-state index in [0.29, 0.717) is 6.42 Å². The van der Waals surface area contributed by atoms with Crippen molar-refractivity contribution >= 4 is 34.5 Å². The first-order valence-corrected chi connectivity index (χ1v) is 8.87. The predicted octanol–water partition coefficient (Wildman–Crippen LogP) is 3.55. The lowest BCUT2D eigenvalue weighted by Gasteiger charge is -2.28. The molecule has 3 nitrogen and oxygen atoms in total. The van der Waals surface area contributed by atoms with Crippen molar-refractivity contribution in [1.29, 1.82) is 0 Å². The molecule has 0 spiro atoms. The van der Waals surface area contributed by atoms with Crippen LogP contribution in [0.1, 0.15) is 17.5 Å². The highest BCUT2D eigenvalue weighted by atomic mass is 79.9. The van der Waals surface area contributed by atoms with Gasteiger partial charge in [-0.3, -0.25) is 10.1 Å². The lowest BCUT2D eigenvalue weighted by atomic mass is 9.84. The Balaban J connectivity index is 1.92. The molecule has 1 saturated heterocycles. The molecule has 2 unspecified atom stereocenters. The number of rotatable bonds is 4. The predicted molar refractivity (Wildman–Crippen MR) is 99.3 cm³/mol. The number of nitrogens with zero attached hydrogens (tertiary/aromatic N) is 1. The van der Waals surface area contributed by atoms with Gasteiger partial charge >= 0.3 is 0 Å². The Kier molecular flexibility index (Phi) is 4.80. The molecule has 1 heterocycles. The Bertz CT molecular complexity index is 709. The van der Waals surface area contributed by atoms with Crippen LogP contribution in [0.25, 0.3) is 0 Å². The van der Waals surface area contributed by atoms with Gasteiger partial charge in [-0.2, -0.15) is 0 Å². The zero-order valence-electron chi connectivity index (χ0n) is 12.9. The van der Waals surface area contributed by atoms with Crippen molar-refractivity contribution in [3.63, 3.8) is 0 Å². The van der Waals surface area contributed by atoms with Gasteiger partial charge in [-0.25, -0.2) is 0 Å². The summed E-state index contributed by atoms with van der Waals surface area (Å²) in [5, 5.41) is 3.40. The first-order chi connectivity index (χ1) is 11.0. The fourth-order valence-corrected chi connectivity index (χ4v) is 3.84. The number of hydrogen-bond acceptors (Lipinski definition) is 3. The van der Waals surface area contributed by atoms with Crippen LogP contribution in [0, 0.1) is 0 Å². The van der Waals surface area contributed by atoms with Gasteiger partial charge in [0.1, 0.15) is 11.0 Å². The largest absolute Gasteiger partial charge is 0.319 e. The van der Waals surface area contributed by atoms with Gasteiger partial charge in [0, 0.05) is 11.5 Å². The van der Waals surface area contributed by atoms with E-state index in [0.717, 1.165) is 16.5 Å². The van der Waals surface area contributed by atoms with Gasteiger partial charge in [0.05, 0.1) is 0 Å². The first-order valence-electron chi connectivity index (χ1n) is 7.56. The summed E-state index contributed by atoms with van der Waals surface area (Å²) in [7, 11) is 1.79. The number of halogens is 1. The Labute approximate surface area is 150 Å². The number of nitrogens with one attached hydrogen (secondary N) is 1. The second-order valence-corrected chi connectivity index (χ2v) is 7.24. The summed E-state index contributed by atoms with van der Waals surface area (Å²) in [6, 6.07) is 18.1. The molecule has 120 valence electrons. The second-order valence-electron chi connectivity index (χ2n) is 5.84. The van der Waals surface area contributed by atoms with Crippen molar-refractivity contribution in [2.75, 3.05) is 7.05 Å². The molecule has 1 aliphatic heterocycles. The van der Waals surface area contributed by atoms with E-state index in [1.54, 1.807) is 11.9 Å². The molecular weight excluding hydrogens is 372 g/mol.